The van der Waals surface area contributed by atoms with Crippen molar-refractivity contribution < 1.29 is 4.39 Å². The second kappa shape index (κ2) is 3.82. The number of anilines is 1. The van der Waals surface area contributed by atoms with Gasteiger partial charge in [0.05, 0.1) is 5.69 Å². The Morgan fingerprint density at radius 3 is 2.50 bits per heavy atom. The number of rotatable bonds is 2. The average Bonchev–Trinajstić information content (AvgIpc) is 2.13. The van der Waals surface area contributed by atoms with E-state index in [0.717, 1.165) is 11.1 Å². The largest absolute Gasteiger partial charge is 0.396 e. The van der Waals surface area contributed by atoms with Crippen LogP contribution in [-0.4, -0.2) is 0 Å². The molecule has 0 radical (unpaired) electrons. The van der Waals surface area contributed by atoms with E-state index < -0.39 is 0 Å². The van der Waals surface area contributed by atoms with E-state index in [9.17, 15) is 4.39 Å². The molecule has 1 aromatic carbocycles. The average molecular weight is 193 g/mol. The fraction of sp³-hybridized carbons (Fsp3) is 0.333. The summed E-state index contributed by atoms with van der Waals surface area (Å²) in [6, 6.07) is 1.70. The van der Waals surface area contributed by atoms with Crippen LogP contribution in [0, 0.1) is 12.7 Å². The number of benzene rings is 1. The number of hydrogen-bond acceptors (Lipinski definition) is 1. The van der Waals surface area contributed by atoms with Gasteiger partial charge in [0, 0.05) is 0 Å². The second-order valence-corrected chi connectivity index (χ2v) is 3.77. The molecule has 0 unspecified atom stereocenters. The normalized spacial score (nSPS) is 10.6. The van der Waals surface area contributed by atoms with Crippen LogP contribution in [0.4, 0.5) is 10.1 Å². The summed E-state index contributed by atoms with van der Waals surface area (Å²) in [6.07, 6.45) is 1.69. The first-order chi connectivity index (χ1) is 6.49. The molecule has 0 saturated carbocycles. The van der Waals surface area contributed by atoms with Crippen LogP contribution in [0.2, 0.25) is 0 Å². The predicted molar refractivity (Wildman–Crippen MR) is 59.7 cm³/mol. The zero-order chi connectivity index (χ0) is 10.9. The first-order valence-corrected chi connectivity index (χ1v) is 4.70. The van der Waals surface area contributed by atoms with Gasteiger partial charge >= 0.3 is 0 Å². The Labute approximate surface area is 84.4 Å². The quantitative estimate of drug-likeness (QED) is 0.715. The molecule has 0 fully saturated rings. The number of nitrogens with two attached hydrogens (primary N) is 1. The lowest BCUT2D eigenvalue weighted by Gasteiger charge is -2.14. The lowest BCUT2D eigenvalue weighted by atomic mass is 9.92. The molecule has 0 spiro atoms. The first kappa shape index (κ1) is 10.8. The molecule has 0 aromatic heterocycles. The van der Waals surface area contributed by atoms with Crippen LogP contribution in [-0.2, 0) is 0 Å². The summed E-state index contributed by atoms with van der Waals surface area (Å²) in [5, 5.41) is 0. The molecular formula is C12H16FN. The van der Waals surface area contributed by atoms with Crippen molar-refractivity contribution in [1.29, 1.82) is 0 Å². The monoisotopic (exact) mass is 193 g/mol. The van der Waals surface area contributed by atoms with Gasteiger partial charge < -0.3 is 5.73 Å². The molecule has 0 atom stereocenters. The van der Waals surface area contributed by atoms with Gasteiger partial charge in [-0.05, 0) is 35.6 Å². The predicted octanol–water partition coefficient (Wildman–Crippen LogP) is 3.48. The Morgan fingerprint density at radius 2 is 2.07 bits per heavy atom. The molecule has 0 bridgehead atoms. The van der Waals surface area contributed by atoms with Gasteiger partial charge in [-0.1, -0.05) is 26.5 Å². The van der Waals surface area contributed by atoms with E-state index in [4.69, 9.17) is 5.73 Å². The fourth-order valence-corrected chi connectivity index (χ4v) is 1.61. The molecule has 2 heteroatoms. The maximum absolute atomic E-state index is 13.4. The molecule has 0 aliphatic heterocycles. The van der Waals surface area contributed by atoms with Crippen LogP contribution in [0.25, 0.3) is 6.08 Å². The van der Waals surface area contributed by atoms with Crippen molar-refractivity contribution in [2.45, 2.75) is 26.7 Å². The summed E-state index contributed by atoms with van der Waals surface area (Å²) in [4.78, 5) is 0. The summed E-state index contributed by atoms with van der Waals surface area (Å²) < 4.78 is 13.4. The summed E-state index contributed by atoms with van der Waals surface area (Å²) in [6.45, 7) is 9.54. The van der Waals surface area contributed by atoms with Crippen molar-refractivity contribution in [1.82, 2.24) is 0 Å². The lowest BCUT2D eigenvalue weighted by Crippen LogP contribution is -2.02. The Bertz CT molecular complexity index is 367. The van der Waals surface area contributed by atoms with Crippen molar-refractivity contribution >= 4 is 11.8 Å². The van der Waals surface area contributed by atoms with E-state index in [0.29, 0.717) is 11.5 Å². The zero-order valence-electron chi connectivity index (χ0n) is 8.89. The molecule has 0 amide bonds. The summed E-state index contributed by atoms with van der Waals surface area (Å²) in [5.41, 5.74) is 8.30. The summed E-state index contributed by atoms with van der Waals surface area (Å²) in [7, 11) is 0. The minimum Gasteiger partial charge on any atom is -0.396 e. The third kappa shape index (κ3) is 1.65. The maximum Gasteiger partial charge on any atom is 0.149 e. The van der Waals surface area contributed by atoms with Crippen molar-refractivity contribution in [2.75, 3.05) is 5.73 Å². The van der Waals surface area contributed by atoms with Crippen molar-refractivity contribution in [3.63, 3.8) is 0 Å². The summed E-state index contributed by atoms with van der Waals surface area (Å²) in [5.74, 6) is -0.00565. The Kier molecular flexibility index (Phi) is 2.94. The van der Waals surface area contributed by atoms with E-state index in [1.807, 2.05) is 0 Å². The Balaban J connectivity index is 3.51. The molecular weight excluding hydrogens is 177 g/mol. The van der Waals surface area contributed by atoms with Gasteiger partial charge in [0.1, 0.15) is 5.82 Å². The van der Waals surface area contributed by atoms with Gasteiger partial charge in [0.25, 0.3) is 0 Å². The standard InChI is InChI=1S/C12H16FN/c1-5-9-8(4)12(13)11(14)6-10(9)7(2)3/h5-7H,1,14H2,2-4H3. The van der Waals surface area contributed by atoms with Gasteiger partial charge in [0.15, 0.2) is 0 Å². The molecule has 0 aliphatic rings. The topological polar surface area (TPSA) is 26.0 Å². The third-order valence-corrected chi connectivity index (χ3v) is 2.43. The minimum absolute atomic E-state index is 0.219. The van der Waals surface area contributed by atoms with Crippen LogP contribution >= 0.6 is 0 Å². The van der Waals surface area contributed by atoms with Crippen LogP contribution in [0.15, 0.2) is 12.6 Å². The highest BCUT2D eigenvalue weighted by atomic mass is 19.1. The van der Waals surface area contributed by atoms with Gasteiger partial charge in [-0.2, -0.15) is 0 Å². The van der Waals surface area contributed by atoms with Gasteiger partial charge in [0.2, 0.25) is 0 Å². The molecule has 2 N–H and O–H groups in total. The second-order valence-electron chi connectivity index (χ2n) is 3.77. The van der Waals surface area contributed by atoms with E-state index in [1.54, 1.807) is 19.1 Å². The SMILES string of the molecule is C=Cc1c(C(C)C)cc(N)c(F)c1C. The van der Waals surface area contributed by atoms with E-state index >= 15 is 0 Å². The molecule has 1 aromatic rings. The van der Waals surface area contributed by atoms with Crippen molar-refractivity contribution in [3.8, 4) is 0 Å². The smallest absolute Gasteiger partial charge is 0.149 e. The van der Waals surface area contributed by atoms with Gasteiger partial charge in [-0.25, -0.2) is 4.39 Å². The first-order valence-electron chi connectivity index (χ1n) is 4.70. The van der Waals surface area contributed by atoms with E-state index in [2.05, 4.69) is 20.4 Å². The number of hydrogen-bond donors (Lipinski definition) is 1. The molecule has 0 aliphatic carbocycles. The highest BCUT2D eigenvalue weighted by Crippen LogP contribution is 2.29. The van der Waals surface area contributed by atoms with Gasteiger partial charge in [-0.15, -0.1) is 0 Å². The zero-order valence-corrected chi connectivity index (χ0v) is 8.89. The molecule has 0 heterocycles. The van der Waals surface area contributed by atoms with Crippen molar-refractivity contribution in [2.24, 2.45) is 0 Å². The number of halogens is 1. The molecule has 0 saturated heterocycles. The molecule has 1 nitrogen and oxygen atoms in total. The van der Waals surface area contributed by atoms with Crippen LogP contribution in [0.5, 0.6) is 0 Å². The highest BCUT2D eigenvalue weighted by Gasteiger charge is 2.13. The van der Waals surface area contributed by atoms with Crippen LogP contribution < -0.4 is 5.73 Å². The molecule has 76 valence electrons. The number of nitrogen functional groups attached to an aromatic ring is 1. The highest BCUT2D eigenvalue weighted by molar-refractivity contribution is 5.63. The van der Waals surface area contributed by atoms with E-state index in [-0.39, 0.29) is 11.5 Å². The molecule has 1 rings (SSSR count). The van der Waals surface area contributed by atoms with E-state index in [1.165, 1.54) is 0 Å². The lowest BCUT2D eigenvalue weighted by molar-refractivity contribution is 0.621. The van der Waals surface area contributed by atoms with Crippen LogP contribution in [0.1, 0.15) is 36.5 Å². The molecule has 14 heavy (non-hydrogen) atoms. The Morgan fingerprint density at radius 1 is 1.50 bits per heavy atom. The Hall–Kier alpha value is -1.31. The fourth-order valence-electron chi connectivity index (χ4n) is 1.61. The van der Waals surface area contributed by atoms with Crippen molar-refractivity contribution in [3.05, 3.63) is 35.2 Å². The van der Waals surface area contributed by atoms with Crippen LogP contribution in [0.3, 0.4) is 0 Å². The minimum atomic E-state index is -0.329. The summed E-state index contributed by atoms with van der Waals surface area (Å²) >= 11 is 0. The third-order valence-electron chi connectivity index (χ3n) is 2.43. The maximum atomic E-state index is 13.4. The van der Waals surface area contributed by atoms with Gasteiger partial charge in [-0.3, -0.25) is 0 Å².